The van der Waals surface area contributed by atoms with E-state index in [1.54, 1.807) is 0 Å². The van der Waals surface area contributed by atoms with Gasteiger partial charge in [-0.3, -0.25) is 0 Å². The first kappa shape index (κ1) is 15.0. The quantitative estimate of drug-likeness (QED) is 0.618. The van der Waals surface area contributed by atoms with Crippen LogP contribution in [-0.4, -0.2) is 25.3 Å². The van der Waals surface area contributed by atoms with Gasteiger partial charge in [0.1, 0.15) is 0 Å². The highest BCUT2D eigenvalue weighted by molar-refractivity contribution is 4.81. The molecule has 1 fully saturated rings. The summed E-state index contributed by atoms with van der Waals surface area (Å²) in [5.41, 5.74) is 0.112. The number of morpholine rings is 1. The molecule has 0 amide bonds. The van der Waals surface area contributed by atoms with Crippen LogP contribution in [0.4, 0.5) is 0 Å². The molecule has 1 unspecified atom stereocenters. The van der Waals surface area contributed by atoms with Crippen molar-refractivity contribution < 1.29 is 4.74 Å². The van der Waals surface area contributed by atoms with E-state index in [0.29, 0.717) is 0 Å². The second-order valence-electron chi connectivity index (χ2n) is 5.70. The molecule has 0 radical (unpaired) electrons. The zero-order valence-corrected chi connectivity index (χ0v) is 11.9. The van der Waals surface area contributed by atoms with Gasteiger partial charge in [-0.1, -0.05) is 58.3 Å². The molecule has 0 aromatic heterocycles. The van der Waals surface area contributed by atoms with Crippen molar-refractivity contribution in [3.05, 3.63) is 0 Å². The lowest BCUT2D eigenvalue weighted by Gasteiger charge is -2.34. The number of nitrogens with one attached hydrogen (secondary N) is 1. The highest BCUT2D eigenvalue weighted by Gasteiger charge is 2.26. The van der Waals surface area contributed by atoms with Crippen LogP contribution in [0.5, 0.6) is 0 Å². The van der Waals surface area contributed by atoms with Gasteiger partial charge in [-0.2, -0.15) is 0 Å². The molecule has 1 aliphatic heterocycles. The molecule has 1 saturated heterocycles. The Bertz CT molecular complexity index is 176. The van der Waals surface area contributed by atoms with Crippen LogP contribution in [0.2, 0.25) is 0 Å². The van der Waals surface area contributed by atoms with Crippen molar-refractivity contribution in [3.8, 4) is 0 Å². The molecule has 0 aliphatic carbocycles. The monoisotopic (exact) mass is 241 g/mol. The van der Waals surface area contributed by atoms with Crippen LogP contribution >= 0.6 is 0 Å². The van der Waals surface area contributed by atoms with Gasteiger partial charge in [0.05, 0.1) is 12.2 Å². The van der Waals surface area contributed by atoms with Gasteiger partial charge in [-0.15, -0.1) is 0 Å². The lowest BCUT2D eigenvalue weighted by Crippen LogP contribution is -2.47. The molecule has 17 heavy (non-hydrogen) atoms. The highest BCUT2D eigenvalue weighted by Crippen LogP contribution is 2.21. The zero-order chi connectivity index (χ0) is 12.4. The maximum absolute atomic E-state index is 5.86. The standard InChI is InChI=1S/C15H31NO/c1-3-4-5-6-7-8-9-10-11-15(2)14-16-12-13-17-15/h16H,3-14H2,1-2H3. The summed E-state index contributed by atoms with van der Waals surface area (Å²) in [4.78, 5) is 0. The van der Waals surface area contributed by atoms with E-state index in [4.69, 9.17) is 4.74 Å². The van der Waals surface area contributed by atoms with Crippen molar-refractivity contribution in [2.45, 2.75) is 77.2 Å². The Balaban J connectivity index is 1.89. The first-order chi connectivity index (χ1) is 8.27. The molecular weight excluding hydrogens is 210 g/mol. The van der Waals surface area contributed by atoms with E-state index in [-0.39, 0.29) is 5.60 Å². The Kier molecular flexibility index (Phi) is 7.87. The van der Waals surface area contributed by atoms with E-state index in [2.05, 4.69) is 19.2 Å². The highest BCUT2D eigenvalue weighted by atomic mass is 16.5. The minimum absolute atomic E-state index is 0.112. The smallest absolute Gasteiger partial charge is 0.0778 e. The Morgan fingerprint density at radius 3 is 2.24 bits per heavy atom. The summed E-state index contributed by atoms with van der Waals surface area (Å²) in [5.74, 6) is 0. The molecule has 1 rings (SSSR count). The van der Waals surface area contributed by atoms with Crippen LogP contribution < -0.4 is 5.32 Å². The predicted octanol–water partition coefficient (Wildman–Crippen LogP) is 3.90. The number of hydrogen-bond donors (Lipinski definition) is 1. The fourth-order valence-corrected chi connectivity index (χ4v) is 2.57. The van der Waals surface area contributed by atoms with E-state index in [1.807, 2.05) is 0 Å². The minimum atomic E-state index is 0.112. The maximum atomic E-state index is 5.86. The second kappa shape index (κ2) is 8.93. The van der Waals surface area contributed by atoms with E-state index in [1.165, 1.54) is 57.8 Å². The largest absolute Gasteiger partial charge is 0.373 e. The van der Waals surface area contributed by atoms with Gasteiger partial charge in [0, 0.05) is 13.1 Å². The van der Waals surface area contributed by atoms with E-state index >= 15 is 0 Å². The topological polar surface area (TPSA) is 21.3 Å². The molecule has 1 atom stereocenters. The van der Waals surface area contributed by atoms with Crippen LogP contribution in [-0.2, 0) is 4.74 Å². The van der Waals surface area contributed by atoms with Gasteiger partial charge >= 0.3 is 0 Å². The summed E-state index contributed by atoms with van der Waals surface area (Å²) in [6, 6.07) is 0. The van der Waals surface area contributed by atoms with Gasteiger partial charge in [0.25, 0.3) is 0 Å². The maximum Gasteiger partial charge on any atom is 0.0778 e. The fourth-order valence-electron chi connectivity index (χ4n) is 2.57. The molecule has 0 aromatic rings. The molecule has 1 heterocycles. The Labute approximate surface area is 108 Å². The minimum Gasteiger partial charge on any atom is -0.373 e. The fraction of sp³-hybridized carbons (Fsp3) is 1.00. The summed E-state index contributed by atoms with van der Waals surface area (Å²) in [5, 5.41) is 3.43. The molecule has 1 aliphatic rings. The Morgan fingerprint density at radius 2 is 1.65 bits per heavy atom. The summed E-state index contributed by atoms with van der Waals surface area (Å²) in [6.07, 6.45) is 12.4. The third kappa shape index (κ3) is 7.05. The number of ether oxygens (including phenoxy) is 1. The summed E-state index contributed by atoms with van der Waals surface area (Å²) in [7, 11) is 0. The van der Waals surface area contributed by atoms with Gasteiger partial charge < -0.3 is 10.1 Å². The summed E-state index contributed by atoms with van der Waals surface area (Å²) < 4.78 is 5.86. The molecule has 0 spiro atoms. The SMILES string of the molecule is CCCCCCCCCCC1(C)CNCCO1. The molecule has 102 valence electrons. The van der Waals surface area contributed by atoms with Gasteiger partial charge in [0.2, 0.25) is 0 Å². The Hall–Kier alpha value is -0.0800. The van der Waals surface area contributed by atoms with Gasteiger partial charge in [-0.05, 0) is 13.3 Å². The average molecular weight is 241 g/mol. The zero-order valence-electron chi connectivity index (χ0n) is 11.9. The third-order valence-electron chi connectivity index (χ3n) is 3.79. The predicted molar refractivity (Wildman–Crippen MR) is 74.5 cm³/mol. The normalized spacial score (nSPS) is 25.1. The third-order valence-corrected chi connectivity index (χ3v) is 3.79. The van der Waals surface area contributed by atoms with E-state index < -0.39 is 0 Å². The van der Waals surface area contributed by atoms with Crippen LogP contribution in [0.1, 0.15) is 71.6 Å². The van der Waals surface area contributed by atoms with Gasteiger partial charge in [-0.25, -0.2) is 0 Å². The van der Waals surface area contributed by atoms with Crippen molar-refractivity contribution in [1.29, 1.82) is 0 Å². The number of unbranched alkanes of at least 4 members (excludes halogenated alkanes) is 7. The molecule has 2 heteroatoms. The van der Waals surface area contributed by atoms with Crippen LogP contribution in [0.3, 0.4) is 0 Å². The van der Waals surface area contributed by atoms with Crippen molar-refractivity contribution in [1.82, 2.24) is 5.32 Å². The van der Waals surface area contributed by atoms with E-state index in [0.717, 1.165) is 19.7 Å². The van der Waals surface area contributed by atoms with Crippen LogP contribution in [0, 0.1) is 0 Å². The van der Waals surface area contributed by atoms with Crippen molar-refractivity contribution in [3.63, 3.8) is 0 Å². The van der Waals surface area contributed by atoms with Crippen molar-refractivity contribution in [2.24, 2.45) is 0 Å². The first-order valence-electron chi connectivity index (χ1n) is 7.61. The lowest BCUT2D eigenvalue weighted by molar-refractivity contribution is -0.0589. The lowest BCUT2D eigenvalue weighted by atomic mass is 9.96. The second-order valence-corrected chi connectivity index (χ2v) is 5.70. The molecule has 1 N–H and O–H groups in total. The van der Waals surface area contributed by atoms with Crippen molar-refractivity contribution in [2.75, 3.05) is 19.7 Å². The first-order valence-corrected chi connectivity index (χ1v) is 7.61. The molecule has 0 saturated carbocycles. The van der Waals surface area contributed by atoms with Crippen LogP contribution in [0.15, 0.2) is 0 Å². The number of rotatable bonds is 9. The Morgan fingerprint density at radius 1 is 1.00 bits per heavy atom. The van der Waals surface area contributed by atoms with Crippen molar-refractivity contribution >= 4 is 0 Å². The van der Waals surface area contributed by atoms with E-state index in [9.17, 15) is 0 Å². The molecular formula is C15H31NO. The molecule has 0 aromatic carbocycles. The van der Waals surface area contributed by atoms with Crippen LogP contribution in [0.25, 0.3) is 0 Å². The molecule has 2 nitrogen and oxygen atoms in total. The van der Waals surface area contributed by atoms with Gasteiger partial charge in [0.15, 0.2) is 0 Å². The summed E-state index contributed by atoms with van der Waals surface area (Å²) >= 11 is 0. The molecule has 0 bridgehead atoms. The number of hydrogen-bond acceptors (Lipinski definition) is 2. The summed E-state index contributed by atoms with van der Waals surface area (Å²) in [6.45, 7) is 7.46. The average Bonchev–Trinajstić information content (AvgIpc) is 2.33.